The van der Waals surface area contributed by atoms with E-state index < -0.39 is 18.1 Å². The van der Waals surface area contributed by atoms with Gasteiger partial charge in [-0.15, -0.1) is 0 Å². The van der Waals surface area contributed by atoms with Crippen LogP contribution in [0, 0.1) is 0 Å². The highest BCUT2D eigenvalue weighted by Crippen LogP contribution is 2.14. The molecule has 0 aromatic heterocycles. The Morgan fingerprint density at radius 3 is 1.37 bits per heavy atom. The van der Waals surface area contributed by atoms with Crippen LogP contribution in [0.5, 0.6) is 0 Å². The Balaban J connectivity index is 4.31. The van der Waals surface area contributed by atoms with Gasteiger partial charge in [-0.05, 0) is 64.2 Å². The number of esters is 2. The maximum atomic E-state index is 12.7. The standard InChI is InChI=1S/C46H85NO7/c1-6-8-10-12-14-16-18-20-21-22-23-24-25-27-28-30-32-34-36-44(48)53-41-42(40-52-39-38-43(46(50)51)47(3,4)5)54-45(49)37-35-33-31-29-26-19-17-15-13-11-9-7-2/h15,17,23-24,42-43H,6-14,16,18-22,25-41H2,1-5H3/p+1/b17-15+,24-23+. The van der Waals surface area contributed by atoms with E-state index >= 15 is 0 Å². The predicted molar refractivity (Wildman–Crippen MR) is 225 cm³/mol. The number of allylic oxidation sites excluding steroid dienone is 4. The van der Waals surface area contributed by atoms with E-state index in [4.69, 9.17) is 14.2 Å². The van der Waals surface area contributed by atoms with E-state index in [1.54, 1.807) is 0 Å². The summed E-state index contributed by atoms with van der Waals surface area (Å²) in [5, 5.41) is 9.61. The molecule has 0 aliphatic carbocycles. The minimum atomic E-state index is -0.877. The van der Waals surface area contributed by atoms with Crippen LogP contribution >= 0.6 is 0 Å². The van der Waals surface area contributed by atoms with Crippen LogP contribution in [0.25, 0.3) is 0 Å². The summed E-state index contributed by atoms with van der Waals surface area (Å²) in [6.07, 6.45) is 40.7. The molecule has 0 aliphatic rings. The van der Waals surface area contributed by atoms with E-state index in [1.807, 2.05) is 21.1 Å². The first-order chi connectivity index (χ1) is 26.1. The second kappa shape index (κ2) is 37.7. The molecule has 2 unspecified atom stereocenters. The van der Waals surface area contributed by atoms with Gasteiger partial charge in [0.1, 0.15) is 6.61 Å². The number of hydrogen-bond acceptors (Lipinski definition) is 6. The smallest absolute Gasteiger partial charge is 0.362 e. The molecule has 0 saturated heterocycles. The van der Waals surface area contributed by atoms with Gasteiger partial charge in [0.05, 0.1) is 34.4 Å². The fraction of sp³-hybridized carbons (Fsp3) is 0.848. The minimum Gasteiger partial charge on any atom is -0.477 e. The van der Waals surface area contributed by atoms with Crippen LogP contribution in [0.1, 0.15) is 200 Å². The van der Waals surface area contributed by atoms with Crippen molar-refractivity contribution in [2.24, 2.45) is 0 Å². The number of aliphatic carboxylic acids is 1. The molecule has 54 heavy (non-hydrogen) atoms. The van der Waals surface area contributed by atoms with Crippen molar-refractivity contribution in [3.8, 4) is 0 Å². The Hall–Kier alpha value is -2.19. The molecular formula is C46H86NO7+. The van der Waals surface area contributed by atoms with Gasteiger partial charge >= 0.3 is 17.9 Å². The van der Waals surface area contributed by atoms with Crippen molar-refractivity contribution in [1.29, 1.82) is 0 Å². The second-order valence-electron chi connectivity index (χ2n) is 16.3. The first-order valence-corrected chi connectivity index (χ1v) is 22.4. The number of carbonyl (C=O) groups is 3. The highest BCUT2D eigenvalue weighted by molar-refractivity contribution is 5.72. The minimum absolute atomic E-state index is 0.0559. The Bertz CT molecular complexity index is 942. The summed E-state index contributed by atoms with van der Waals surface area (Å²) in [6.45, 7) is 4.70. The van der Waals surface area contributed by atoms with Gasteiger partial charge in [-0.3, -0.25) is 9.59 Å². The van der Waals surface area contributed by atoms with Crippen molar-refractivity contribution in [3.63, 3.8) is 0 Å². The molecule has 0 rings (SSSR count). The van der Waals surface area contributed by atoms with E-state index in [0.717, 1.165) is 57.8 Å². The third kappa shape index (κ3) is 35.5. The van der Waals surface area contributed by atoms with Gasteiger partial charge in [0.25, 0.3) is 0 Å². The summed E-state index contributed by atoms with van der Waals surface area (Å²) in [5.41, 5.74) is 0. The molecule has 0 spiro atoms. The zero-order valence-corrected chi connectivity index (χ0v) is 35.9. The summed E-state index contributed by atoms with van der Waals surface area (Å²) >= 11 is 0. The Morgan fingerprint density at radius 2 is 0.926 bits per heavy atom. The van der Waals surface area contributed by atoms with Crippen molar-refractivity contribution in [3.05, 3.63) is 24.3 Å². The van der Waals surface area contributed by atoms with E-state index in [1.165, 1.54) is 109 Å². The molecule has 0 aromatic carbocycles. The monoisotopic (exact) mass is 765 g/mol. The van der Waals surface area contributed by atoms with Crippen LogP contribution < -0.4 is 0 Å². The van der Waals surface area contributed by atoms with Gasteiger partial charge in [0, 0.05) is 19.3 Å². The largest absolute Gasteiger partial charge is 0.477 e. The molecule has 316 valence electrons. The zero-order valence-electron chi connectivity index (χ0n) is 35.9. The fourth-order valence-corrected chi connectivity index (χ4v) is 6.55. The zero-order chi connectivity index (χ0) is 40.0. The van der Waals surface area contributed by atoms with Gasteiger partial charge in [-0.2, -0.15) is 0 Å². The Morgan fingerprint density at radius 1 is 0.537 bits per heavy atom. The lowest BCUT2D eigenvalue weighted by Crippen LogP contribution is -2.50. The van der Waals surface area contributed by atoms with Crippen LogP contribution in [-0.4, -0.2) is 80.6 Å². The number of carboxylic acid groups (broad SMARTS) is 1. The molecule has 8 heteroatoms. The molecule has 0 saturated carbocycles. The van der Waals surface area contributed by atoms with Gasteiger partial charge < -0.3 is 23.8 Å². The molecule has 0 amide bonds. The molecule has 1 N–H and O–H groups in total. The van der Waals surface area contributed by atoms with Crippen LogP contribution in [0.4, 0.5) is 0 Å². The quantitative estimate of drug-likeness (QED) is 0.0287. The van der Waals surface area contributed by atoms with Gasteiger partial charge in [-0.1, -0.05) is 141 Å². The number of unbranched alkanes of at least 4 members (excludes halogenated alkanes) is 22. The maximum absolute atomic E-state index is 12.7. The lowest BCUT2D eigenvalue weighted by molar-refractivity contribution is -0.887. The average molecular weight is 765 g/mol. The highest BCUT2D eigenvalue weighted by atomic mass is 16.6. The summed E-state index contributed by atoms with van der Waals surface area (Å²) in [7, 11) is 5.52. The molecule has 2 atom stereocenters. The fourth-order valence-electron chi connectivity index (χ4n) is 6.55. The summed E-state index contributed by atoms with van der Waals surface area (Å²) in [4.78, 5) is 36.9. The van der Waals surface area contributed by atoms with Crippen molar-refractivity contribution in [1.82, 2.24) is 0 Å². The molecular weight excluding hydrogens is 679 g/mol. The van der Waals surface area contributed by atoms with Crippen LogP contribution in [-0.2, 0) is 28.6 Å². The molecule has 0 heterocycles. The predicted octanol–water partition coefficient (Wildman–Crippen LogP) is 12.1. The molecule has 0 fully saturated rings. The summed E-state index contributed by atoms with van der Waals surface area (Å²) in [5.74, 6) is -1.48. The number of ether oxygens (including phenoxy) is 3. The van der Waals surface area contributed by atoms with Gasteiger partial charge in [0.15, 0.2) is 12.1 Å². The third-order valence-electron chi connectivity index (χ3n) is 10.1. The number of carboxylic acids is 1. The van der Waals surface area contributed by atoms with E-state index in [0.29, 0.717) is 19.3 Å². The number of carbonyl (C=O) groups excluding carboxylic acids is 2. The lowest BCUT2D eigenvalue weighted by atomic mass is 10.1. The van der Waals surface area contributed by atoms with Crippen LogP contribution in [0.3, 0.4) is 0 Å². The van der Waals surface area contributed by atoms with E-state index in [2.05, 4.69) is 38.2 Å². The van der Waals surface area contributed by atoms with Crippen molar-refractivity contribution < 1.29 is 38.2 Å². The summed E-state index contributed by atoms with van der Waals surface area (Å²) < 4.78 is 17.3. The first kappa shape index (κ1) is 51.8. The molecule has 8 nitrogen and oxygen atoms in total. The Kier molecular flexibility index (Phi) is 36.2. The third-order valence-corrected chi connectivity index (χ3v) is 10.1. The second-order valence-corrected chi connectivity index (χ2v) is 16.3. The first-order valence-electron chi connectivity index (χ1n) is 22.4. The SMILES string of the molecule is CCCCC/C=C/CCCCCCCC(=O)OC(COCCC(C(=O)O)[N+](C)(C)C)COC(=O)CCCCCCC/C=C/CCCCCCCCCCC. The topological polar surface area (TPSA) is 99.1 Å². The molecule has 0 aromatic rings. The number of hydrogen-bond donors (Lipinski definition) is 1. The number of nitrogens with zero attached hydrogens (tertiary/aromatic N) is 1. The maximum Gasteiger partial charge on any atom is 0.362 e. The van der Waals surface area contributed by atoms with Crippen molar-refractivity contribution in [2.75, 3.05) is 41.0 Å². The van der Waals surface area contributed by atoms with E-state index in [-0.39, 0.29) is 36.2 Å². The van der Waals surface area contributed by atoms with Crippen molar-refractivity contribution in [2.45, 2.75) is 212 Å². The van der Waals surface area contributed by atoms with Crippen LogP contribution in [0.15, 0.2) is 24.3 Å². The highest BCUT2D eigenvalue weighted by Gasteiger charge is 2.31. The Labute approximate surface area is 332 Å². The number of quaternary nitrogens is 1. The van der Waals surface area contributed by atoms with Gasteiger partial charge in [0.2, 0.25) is 0 Å². The summed E-state index contributed by atoms with van der Waals surface area (Å²) in [6, 6.07) is -0.614. The van der Waals surface area contributed by atoms with Crippen molar-refractivity contribution >= 4 is 17.9 Å². The average Bonchev–Trinajstić information content (AvgIpc) is 3.12. The normalized spacial score (nSPS) is 13.1. The lowest BCUT2D eigenvalue weighted by Gasteiger charge is -2.31. The van der Waals surface area contributed by atoms with Crippen LogP contribution in [0.2, 0.25) is 0 Å². The molecule has 0 radical (unpaired) electrons. The number of rotatable bonds is 40. The molecule has 0 aliphatic heterocycles. The number of likely N-dealkylation sites (N-methyl/N-ethyl adjacent to an activating group) is 1. The van der Waals surface area contributed by atoms with Gasteiger partial charge in [-0.25, -0.2) is 4.79 Å². The van der Waals surface area contributed by atoms with E-state index in [9.17, 15) is 19.5 Å². The molecule has 0 bridgehead atoms.